The van der Waals surface area contributed by atoms with Crippen molar-refractivity contribution in [1.82, 2.24) is 14.5 Å². The molecule has 2 rings (SSSR count). The van der Waals surface area contributed by atoms with E-state index in [4.69, 9.17) is 5.73 Å². The van der Waals surface area contributed by atoms with Crippen molar-refractivity contribution in [3.8, 4) is 0 Å². The molecule has 0 aromatic carbocycles. The topological polar surface area (TPSA) is 64.2 Å². The summed E-state index contributed by atoms with van der Waals surface area (Å²) in [5.74, 6) is 0. The van der Waals surface area contributed by atoms with Crippen LogP contribution in [-0.2, 0) is 0 Å². The number of carbonyl (C=O) groups is 1. The molecule has 0 spiro atoms. The Hall–Kier alpha value is -1.36. The van der Waals surface area contributed by atoms with Gasteiger partial charge in [0.15, 0.2) is 0 Å². The highest BCUT2D eigenvalue weighted by Crippen LogP contribution is 2.09. The number of nitrogens with zero attached hydrogens (tertiary/aromatic N) is 3. The summed E-state index contributed by atoms with van der Waals surface area (Å²) >= 11 is 0. The maximum Gasteiger partial charge on any atom is 0.329 e. The minimum Gasteiger partial charge on any atom is -0.328 e. The fraction of sp³-hybridized carbons (Fsp3) is 0.556. The number of hydrogen-bond acceptors (Lipinski definition) is 3. The molecular formula is C9H14N4O. The van der Waals surface area contributed by atoms with Gasteiger partial charge in [-0.3, -0.25) is 4.57 Å². The fourth-order valence-electron chi connectivity index (χ4n) is 1.63. The molecule has 0 atom stereocenters. The van der Waals surface area contributed by atoms with Crippen LogP contribution in [0, 0.1) is 0 Å². The lowest BCUT2D eigenvalue weighted by atomic mass is 10.1. The zero-order valence-electron chi connectivity index (χ0n) is 7.97. The van der Waals surface area contributed by atoms with Gasteiger partial charge in [-0.05, 0) is 12.8 Å². The second-order valence-corrected chi connectivity index (χ2v) is 3.58. The predicted octanol–water partition coefficient (Wildman–Crippen LogP) is 0.274. The molecule has 0 aliphatic carbocycles. The molecule has 0 bridgehead atoms. The van der Waals surface area contributed by atoms with Crippen molar-refractivity contribution in [2.75, 3.05) is 13.1 Å². The van der Waals surface area contributed by atoms with Gasteiger partial charge in [-0.25, -0.2) is 9.78 Å². The van der Waals surface area contributed by atoms with Crippen molar-refractivity contribution in [3.63, 3.8) is 0 Å². The van der Waals surface area contributed by atoms with E-state index in [-0.39, 0.29) is 12.1 Å². The van der Waals surface area contributed by atoms with Crippen LogP contribution in [0.4, 0.5) is 4.79 Å². The molecule has 1 amide bonds. The quantitative estimate of drug-likeness (QED) is 0.645. The van der Waals surface area contributed by atoms with E-state index in [0.717, 1.165) is 25.9 Å². The van der Waals surface area contributed by atoms with Crippen molar-refractivity contribution in [2.24, 2.45) is 5.73 Å². The Morgan fingerprint density at radius 2 is 2.14 bits per heavy atom. The Kier molecular flexibility index (Phi) is 2.49. The van der Waals surface area contributed by atoms with Crippen molar-refractivity contribution in [3.05, 3.63) is 18.7 Å². The molecular weight excluding hydrogens is 180 g/mol. The van der Waals surface area contributed by atoms with Crippen LogP contribution < -0.4 is 5.73 Å². The number of carbonyl (C=O) groups excluding carboxylic acids is 1. The molecule has 2 heterocycles. The molecule has 76 valence electrons. The number of nitrogens with two attached hydrogens (primary N) is 1. The highest BCUT2D eigenvalue weighted by molar-refractivity contribution is 5.76. The first-order valence-corrected chi connectivity index (χ1v) is 4.80. The largest absolute Gasteiger partial charge is 0.329 e. The zero-order chi connectivity index (χ0) is 9.97. The van der Waals surface area contributed by atoms with Crippen LogP contribution >= 0.6 is 0 Å². The predicted molar refractivity (Wildman–Crippen MR) is 51.8 cm³/mol. The second kappa shape index (κ2) is 3.79. The summed E-state index contributed by atoms with van der Waals surface area (Å²) < 4.78 is 1.50. The molecule has 5 nitrogen and oxygen atoms in total. The highest BCUT2D eigenvalue weighted by Gasteiger charge is 2.21. The van der Waals surface area contributed by atoms with E-state index in [1.54, 1.807) is 12.4 Å². The molecule has 0 saturated carbocycles. The van der Waals surface area contributed by atoms with Crippen molar-refractivity contribution >= 4 is 6.03 Å². The highest BCUT2D eigenvalue weighted by atomic mass is 16.2. The van der Waals surface area contributed by atoms with Crippen molar-refractivity contribution in [2.45, 2.75) is 18.9 Å². The number of hydrogen-bond donors (Lipinski definition) is 1. The van der Waals surface area contributed by atoms with E-state index in [1.165, 1.54) is 10.9 Å². The Morgan fingerprint density at radius 3 is 2.71 bits per heavy atom. The number of rotatable bonds is 0. The minimum absolute atomic E-state index is 0.00519. The molecule has 0 unspecified atom stereocenters. The zero-order valence-corrected chi connectivity index (χ0v) is 7.97. The lowest BCUT2D eigenvalue weighted by Gasteiger charge is -2.29. The first-order valence-electron chi connectivity index (χ1n) is 4.80. The van der Waals surface area contributed by atoms with E-state index < -0.39 is 0 Å². The third-order valence-corrected chi connectivity index (χ3v) is 2.54. The van der Waals surface area contributed by atoms with Gasteiger partial charge in [0.1, 0.15) is 6.33 Å². The first-order chi connectivity index (χ1) is 6.77. The molecule has 2 N–H and O–H groups in total. The standard InChI is InChI=1S/C9H14N4O/c10-8-1-4-12(5-2-8)9(14)13-6-3-11-7-13/h3,6-8H,1-2,4-5,10H2. The van der Waals surface area contributed by atoms with Crippen LogP contribution in [0.15, 0.2) is 18.7 Å². The molecule has 1 aliphatic heterocycles. The Labute approximate surface area is 82.5 Å². The van der Waals surface area contributed by atoms with Gasteiger partial charge in [0, 0.05) is 31.5 Å². The van der Waals surface area contributed by atoms with Crippen LogP contribution in [-0.4, -0.2) is 39.6 Å². The lowest BCUT2D eigenvalue weighted by Crippen LogP contribution is -2.44. The summed E-state index contributed by atoms with van der Waals surface area (Å²) in [6, 6.07) is 0.247. The Bertz CT molecular complexity index is 301. The van der Waals surface area contributed by atoms with E-state index in [1.807, 2.05) is 4.90 Å². The van der Waals surface area contributed by atoms with E-state index >= 15 is 0 Å². The number of aromatic nitrogens is 2. The summed E-state index contributed by atoms with van der Waals surface area (Å²) in [4.78, 5) is 17.4. The summed E-state index contributed by atoms with van der Waals surface area (Å²) in [5, 5.41) is 0. The second-order valence-electron chi connectivity index (χ2n) is 3.58. The molecule has 1 aromatic heterocycles. The van der Waals surface area contributed by atoms with Crippen molar-refractivity contribution < 1.29 is 4.79 Å². The summed E-state index contributed by atoms with van der Waals surface area (Å²) in [5.41, 5.74) is 5.76. The third-order valence-electron chi connectivity index (χ3n) is 2.54. The van der Waals surface area contributed by atoms with E-state index in [0.29, 0.717) is 0 Å². The van der Waals surface area contributed by atoms with Crippen LogP contribution in [0.25, 0.3) is 0 Å². The number of piperidine rings is 1. The van der Waals surface area contributed by atoms with Gasteiger partial charge in [0.2, 0.25) is 0 Å². The third kappa shape index (κ3) is 1.77. The monoisotopic (exact) mass is 194 g/mol. The van der Waals surface area contributed by atoms with Gasteiger partial charge in [0.05, 0.1) is 0 Å². The average Bonchev–Trinajstić information content (AvgIpc) is 2.71. The van der Waals surface area contributed by atoms with E-state index in [9.17, 15) is 4.79 Å². The smallest absolute Gasteiger partial charge is 0.328 e. The molecule has 1 saturated heterocycles. The normalized spacial score (nSPS) is 18.5. The Morgan fingerprint density at radius 1 is 1.43 bits per heavy atom. The van der Waals surface area contributed by atoms with Gasteiger partial charge in [0.25, 0.3) is 0 Å². The van der Waals surface area contributed by atoms with Gasteiger partial charge in [-0.1, -0.05) is 0 Å². The molecule has 1 aromatic rings. The minimum atomic E-state index is -0.00519. The number of likely N-dealkylation sites (tertiary alicyclic amines) is 1. The van der Waals surface area contributed by atoms with Gasteiger partial charge < -0.3 is 10.6 Å². The van der Waals surface area contributed by atoms with Crippen LogP contribution in [0.3, 0.4) is 0 Å². The molecule has 14 heavy (non-hydrogen) atoms. The number of amides is 1. The van der Waals surface area contributed by atoms with E-state index in [2.05, 4.69) is 4.98 Å². The maximum absolute atomic E-state index is 11.8. The Balaban J connectivity index is 1.99. The number of imidazole rings is 1. The molecule has 1 fully saturated rings. The summed E-state index contributed by atoms with van der Waals surface area (Å²) in [6.45, 7) is 1.50. The van der Waals surface area contributed by atoms with Gasteiger partial charge in [-0.2, -0.15) is 0 Å². The summed E-state index contributed by atoms with van der Waals surface area (Å²) in [6.07, 6.45) is 6.57. The van der Waals surface area contributed by atoms with Crippen LogP contribution in [0.5, 0.6) is 0 Å². The first kappa shape index (κ1) is 9.21. The lowest BCUT2D eigenvalue weighted by molar-refractivity contribution is 0.183. The molecule has 5 heteroatoms. The summed E-state index contributed by atoms with van der Waals surface area (Å²) in [7, 11) is 0. The maximum atomic E-state index is 11.8. The van der Waals surface area contributed by atoms with Crippen LogP contribution in [0.1, 0.15) is 12.8 Å². The molecule has 0 radical (unpaired) electrons. The fourth-order valence-corrected chi connectivity index (χ4v) is 1.63. The average molecular weight is 194 g/mol. The molecule has 1 aliphatic rings. The van der Waals surface area contributed by atoms with Crippen LogP contribution in [0.2, 0.25) is 0 Å². The SMILES string of the molecule is NC1CCN(C(=O)n2ccnc2)CC1. The van der Waals surface area contributed by atoms with Gasteiger partial charge >= 0.3 is 6.03 Å². The van der Waals surface area contributed by atoms with Gasteiger partial charge in [-0.15, -0.1) is 0 Å². The van der Waals surface area contributed by atoms with Crippen molar-refractivity contribution in [1.29, 1.82) is 0 Å².